The smallest absolute Gasteiger partial charge is 0.224 e. The molecule has 1 rings (SSSR count). The van der Waals surface area contributed by atoms with Crippen LogP contribution in [0.3, 0.4) is 0 Å². The first-order valence-electron chi connectivity index (χ1n) is 6.61. The molecule has 0 saturated heterocycles. The van der Waals surface area contributed by atoms with Crippen LogP contribution < -0.4 is 14.8 Å². The van der Waals surface area contributed by atoms with Crippen LogP contribution in [-0.2, 0) is 20.7 Å². The normalized spacial score (nSPS) is 12.1. The molecule has 0 aliphatic carbocycles. The summed E-state index contributed by atoms with van der Waals surface area (Å²) >= 11 is 0. The maximum Gasteiger partial charge on any atom is 0.224 e. The number of amides is 1. The van der Waals surface area contributed by atoms with Crippen LogP contribution >= 0.6 is 0 Å². The molecular formula is C15H23NO5. The number of carbonyl (C=O) groups is 1. The molecule has 118 valence electrons. The number of hydrogen-bond donors (Lipinski definition) is 1. The minimum absolute atomic E-state index is 0.117. The zero-order chi connectivity index (χ0) is 15.8. The van der Waals surface area contributed by atoms with Gasteiger partial charge in [0.25, 0.3) is 0 Å². The molecule has 0 aliphatic heterocycles. The van der Waals surface area contributed by atoms with Crippen molar-refractivity contribution in [3.8, 4) is 11.5 Å². The van der Waals surface area contributed by atoms with Crippen LogP contribution in [0, 0.1) is 0 Å². The van der Waals surface area contributed by atoms with Gasteiger partial charge in [-0.05, 0) is 24.6 Å². The van der Waals surface area contributed by atoms with Crippen LogP contribution in [0.5, 0.6) is 11.5 Å². The van der Waals surface area contributed by atoms with Gasteiger partial charge >= 0.3 is 0 Å². The molecule has 1 amide bonds. The number of methoxy groups -OCH3 is 4. The van der Waals surface area contributed by atoms with Gasteiger partial charge in [-0.2, -0.15) is 0 Å². The first-order valence-corrected chi connectivity index (χ1v) is 6.61. The molecule has 0 aromatic heterocycles. The molecule has 1 aromatic carbocycles. The van der Waals surface area contributed by atoms with Crippen molar-refractivity contribution >= 4 is 5.91 Å². The standard InChI is InChI=1S/C15H23NO5/c1-10(15(20-4)21-5)16-14(17)9-11-6-7-12(18-2)13(8-11)19-3/h6-8,10,15H,9H2,1-5H3,(H,16,17). The second-order valence-corrected chi connectivity index (χ2v) is 4.56. The summed E-state index contributed by atoms with van der Waals surface area (Å²) in [5.74, 6) is 1.12. The summed E-state index contributed by atoms with van der Waals surface area (Å²) in [5, 5.41) is 2.84. The largest absolute Gasteiger partial charge is 0.493 e. The van der Waals surface area contributed by atoms with Gasteiger partial charge in [0.1, 0.15) is 0 Å². The molecule has 0 heterocycles. The Morgan fingerprint density at radius 1 is 1.10 bits per heavy atom. The third-order valence-corrected chi connectivity index (χ3v) is 3.07. The highest BCUT2D eigenvalue weighted by atomic mass is 16.7. The van der Waals surface area contributed by atoms with Crippen LogP contribution in [0.4, 0.5) is 0 Å². The number of hydrogen-bond acceptors (Lipinski definition) is 5. The Labute approximate surface area is 125 Å². The van der Waals surface area contributed by atoms with Gasteiger partial charge in [-0.3, -0.25) is 4.79 Å². The topological polar surface area (TPSA) is 66.0 Å². The Bertz CT molecular complexity index is 459. The highest BCUT2D eigenvalue weighted by molar-refractivity contribution is 5.79. The number of ether oxygens (including phenoxy) is 4. The lowest BCUT2D eigenvalue weighted by Gasteiger charge is -2.22. The van der Waals surface area contributed by atoms with Gasteiger partial charge < -0.3 is 24.3 Å². The zero-order valence-electron chi connectivity index (χ0n) is 13.1. The average molecular weight is 297 g/mol. The predicted molar refractivity (Wildman–Crippen MR) is 78.7 cm³/mol. The molecule has 6 heteroatoms. The van der Waals surface area contributed by atoms with Gasteiger partial charge in [-0.1, -0.05) is 6.07 Å². The molecule has 0 spiro atoms. The van der Waals surface area contributed by atoms with Gasteiger partial charge in [-0.15, -0.1) is 0 Å². The molecule has 0 bridgehead atoms. The van der Waals surface area contributed by atoms with Gasteiger partial charge in [0.2, 0.25) is 5.91 Å². The highest BCUT2D eigenvalue weighted by Crippen LogP contribution is 2.27. The minimum atomic E-state index is -0.473. The Morgan fingerprint density at radius 3 is 2.24 bits per heavy atom. The molecule has 0 radical (unpaired) electrons. The summed E-state index contributed by atoms with van der Waals surface area (Å²) in [5.41, 5.74) is 0.837. The first kappa shape index (κ1) is 17.3. The third kappa shape index (κ3) is 4.91. The van der Waals surface area contributed by atoms with Crippen molar-refractivity contribution < 1.29 is 23.7 Å². The first-order chi connectivity index (χ1) is 10.0. The Hall–Kier alpha value is -1.79. The molecular weight excluding hydrogens is 274 g/mol. The number of rotatable bonds is 8. The lowest BCUT2D eigenvalue weighted by atomic mass is 10.1. The summed E-state index contributed by atoms with van der Waals surface area (Å²) in [6.45, 7) is 1.82. The number of benzene rings is 1. The van der Waals surface area contributed by atoms with E-state index in [0.29, 0.717) is 11.5 Å². The SMILES string of the molecule is COc1ccc(CC(=O)NC(C)C(OC)OC)cc1OC. The van der Waals surface area contributed by atoms with Crippen molar-refractivity contribution in [1.29, 1.82) is 0 Å². The van der Waals surface area contributed by atoms with E-state index in [9.17, 15) is 4.79 Å². The van der Waals surface area contributed by atoms with Crippen LogP contribution in [0.25, 0.3) is 0 Å². The summed E-state index contributed by atoms with van der Waals surface area (Å²) in [4.78, 5) is 12.0. The molecule has 0 saturated carbocycles. The summed E-state index contributed by atoms with van der Waals surface area (Å²) in [7, 11) is 6.20. The van der Waals surface area contributed by atoms with E-state index in [1.165, 1.54) is 14.2 Å². The Balaban J connectivity index is 2.66. The van der Waals surface area contributed by atoms with Gasteiger partial charge in [0, 0.05) is 14.2 Å². The fraction of sp³-hybridized carbons (Fsp3) is 0.533. The van der Waals surface area contributed by atoms with Crippen LogP contribution in [-0.4, -0.2) is 46.7 Å². The maximum atomic E-state index is 12.0. The Morgan fingerprint density at radius 2 is 1.71 bits per heavy atom. The molecule has 1 aromatic rings. The van der Waals surface area contributed by atoms with Gasteiger partial charge in [0.15, 0.2) is 17.8 Å². The predicted octanol–water partition coefficient (Wildman–Crippen LogP) is 1.37. The van der Waals surface area contributed by atoms with Crippen molar-refractivity contribution in [2.24, 2.45) is 0 Å². The molecule has 0 aliphatic rings. The lowest BCUT2D eigenvalue weighted by Crippen LogP contribution is -2.43. The van der Waals surface area contributed by atoms with E-state index >= 15 is 0 Å². The molecule has 1 unspecified atom stereocenters. The van der Waals surface area contributed by atoms with E-state index < -0.39 is 6.29 Å². The zero-order valence-corrected chi connectivity index (χ0v) is 13.1. The quantitative estimate of drug-likeness (QED) is 0.734. The summed E-state index contributed by atoms with van der Waals surface area (Å²) in [6, 6.07) is 5.15. The molecule has 21 heavy (non-hydrogen) atoms. The van der Waals surface area contributed by atoms with Gasteiger partial charge in [-0.25, -0.2) is 0 Å². The second-order valence-electron chi connectivity index (χ2n) is 4.56. The molecule has 1 atom stereocenters. The van der Waals surface area contributed by atoms with E-state index in [2.05, 4.69) is 5.32 Å². The lowest BCUT2D eigenvalue weighted by molar-refractivity contribution is -0.135. The maximum absolute atomic E-state index is 12.0. The van der Waals surface area contributed by atoms with E-state index in [1.807, 2.05) is 13.0 Å². The fourth-order valence-corrected chi connectivity index (χ4v) is 2.05. The van der Waals surface area contributed by atoms with Crippen molar-refractivity contribution in [3.63, 3.8) is 0 Å². The van der Waals surface area contributed by atoms with E-state index in [1.54, 1.807) is 26.4 Å². The molecule has 0 fully saturated rings. The van der Waals surface area contributed by atoms with Crippen molar-refractivity contribution in [2.75, 3.05) is 28.4 Å². The van der Waals surface area contributed by atoms with Crippen LogP contribution in [0.15, 0.2) is 18.2 Å². The Kier molecular flexibility index (Phi) is 6.98. The van der Waals surface area contributed by atoms with Gasteiger partial charge in [0.05, 0.1) is 26.7 Å². The monoisotopic (exact) mass is 297 g/mol. The van der Waals surface area contributed by atoms with Crippen LogP contribution in [0.1, 0.15) is 12.5 Å². The number of carbonyl (C=O) groups excluding carboxylic acids is 1. The number of nitrogens with one attached hydrogen (secondary N) is 1. The van der Waals surface area contributed by atoms with Crippen LogP contribution in [0.2, 0.25) is 0 Å². The summed E-state index contributed by atoms with van der Waals surface area (Å²) < 4.78 is 20.6. The fourth-order valence-electron chi connectivity index (χ4n) is 2.05. The van der Waals surface area contributed by atoms with Crippen molar-refractivity contribution in [3.05, 3.63) is 23.8 Å². The third-order valence-electron chi connectivity index (χ3n) is 3.07. The minimum Gasteiger partial charge on any atom is -0.493 e. The van der Waals surface area contributed by atoms with E-state index in [0.717, 1.165) is 5.56 Å². The summed E-state index contributed by atoms with van der Waals surface area (Å²) in [6.07, 6.45) is -0.232. The average Bonchev–Trinajstić information content (AvgIpc) is 2.48. The van der Waals surface area contributed by atoms with Crippen molar-refractivity contribution in [2.45, 2.75) is 25.7 Å². The van der Waals surface area contributed by atoms with E-state index in [4.69, 9.17) is 18.9 Å². The highest BCUT2D eigenvalue weighted by Gasteiger charge is 2.18. The second kappa shape index (κ2) is 8.49. The molecule has 1 N–H and O–H groups in total. The van der Waals surface area contributed by atoms with E-state index in [-0.39, 0.29) is 18.4 Å². The van der Waals surface area contributed by atoms with Crippen molar-refractivity contribution in [1.82, 2.24) is 5.32 Å². The molecule has 6 nitrogen and oxygen atoms in total.